The highest BCUT2D eigenvalue weighted by molar-refractivity contribution is 8.14. The van der Waals surface area contributed by atoms with Gasteiger partial charge in [-0.15, -0.1) is 0 Å². The lowest BCUT2D eigenvalue weighted by molar-refractivity contribution is 0.319. The molecule has 144 valence electrons. The van der Waals surface area contributed by atoms with Gasteiger partial charge in [0.05, 0.1) is 23.0 Å². The first-order valence-electron chi connectivity index (χ1n) is 8.83. The van der Waals surface area contributed by atoms with Crippen molar-refractivity contribution in [1.82, 2.24) is 9.78 Å². The minimum atomic E-state index is -0.148. The zero-order chi connectivity index (χ0) is 19.7. The number of ether oxygens (including phenoxy) is 2. The lowest BCUT2D eigenvalue weighted by Crippen LogP contribution is -2.13. The zero-order valence-electron chi connectivity index (χ0n) is 16.3. The van der Waals surface area contributed by atoms with E-state index in [1.165, 1.54) is 0 Å². The van der Waals surface area contributed by atoms with Gasteiger partial charge in [-0.1, -0.05) is 24.4 Å². The predicted octanol–water partition coefficient (Wildman–Crippen LogP) is 4.61. The highest BCUT2D eigenvalue weighted by Crippen LogP contribution is 2.45. The van der Waals surface area contributed by atoms with E-state index >= 15 is 0 Å². The maximum atomic E-state index is 12.7. The van der Waals surface area contributed by atoms with Gasteiger partial charge in [0.15, 0.2) is 17.3 Å². The summed E-state index contributed by atoms with van der Waals surface area (Å²) in [5.74, 6) is 2.00. The number of methoxy groups -OCH3 is 1. The molecule has 0 saturated carbocycles. The molecule has 3 rings (SSSR count). The van der Waals surface area contributed by atoms with Gasteiger partial charge in [0, 0.05) is 6.04 Å². The number of hydrogen-bond donors (Lipinski definition) is 1. The minimum Gasteiger partial charge on any atom is -0.493 e. The number of thioether (sulfide) groups is 1. The third kappa shape index (κ3) is 3.83. The van der Waals surface area contributed by atoms with E-state index in [1.807, 2.05) is 50.6 Å². The molecule has 0 radical (unpaired) electrons. The van der Waals surface area contributed by atoms with E-state index in [9.17, 15) is 4.79 Å². The quantitative estimate of drug-likeness (QED) is 0.735. The predicted molar refractivity (Wildman–Crippen MR) is 111 cm³/mol. The standard InChI is InChI=1S/C20H25N3O3S/c1-11(2)10-26-15-8-7-14(9-16(15)25-6)18-17-19(21-13(5)27-18)23(12(3)4)22-20(17)24/h7-9,12,18H,1,10H2,2-6H3,(H,22,24)/t18-/m1/s1. The number of hydrogen-bond acceptors (Lipinski definition) is 5. The SMILES string of the molecule is C=C(C)COc1ccc([C@H]2SC(C)=Nc3c2c(=O)[nH]n3C(C)C)cc1OC. The number of aliphatic imine (C=N–C) groups is 1. The Bertz CT molecular complexity index is 956. The average Bonchev–Trinajstić information content (AvgIpc) is 2.95. The highest BCUT2D eigenvalue weighted by atomic mass is 32.2. The van der Waals surface area contributed by atoms with Crippen molar-refractivity contribution in [2.45, 2.75) is 39.0 Å². The first-order valence-corrected chi connectivity index (χ1v) is 9.71. The van der Waals surface area contributed by atoms with Crippen molar-refractivity contribution < 1.29 is 9.47 Å². The van der Waals surface area contributed by atoms with Gasteiger partial charge < -0.3 is 9.47 Å². The molecule has 1 aliphatic heterocycles. The van der Waals surface area contributed by atoms with Crippen LogP contribution in [-0.4, -0.2) is 28.5 Å². The van der Waals surface area contributed by atoms with Crippen molar-refractivity contribution in [3.8, 4) is 11.5 Å². The van der Waals surface area contributed by atoms with Gasteiger partial charge in [-0.05, 0) is 51.0 Å². The molecular formula is C20H25N3O3S. The first kappa shape index (κ1) is 19.4. The number of rotatable bonds is 6. The first-order chi connectivity index (χ1) is 12.8. The van der Waals surface area contributed by atoms with Crippen LogP contribution in [0.5, 0.6) is 11.5 Å². The topological polar surface area (TPSA) is 68.6 Å². The van der Waals surface area contributed by atoms with E-state index in [0.717, 1.165) is 16.2 Å². The van der Waals surface area contributed by atoms with Gasteiger partial charge in [-0.2, -0.15) is 0 Å². The van der Waals surface area contributed by atoms with Crippen LogP contribution in [-0.2, 0) is 0 Å². The number of aromatic nitrogens is 2. The van der Waals surface area contributed by atoms with Gasteiger partial charge in [0.2, 0.25) is 0 Å². The molecule has 0 spiro atoms. The van der Waals surface area contributed by atoms with Crippen molar-refractivity contribution in [2.24, 2.45) is 4.99 Å². The van der Waals surface area contributed by atoms with Crippen molar-refractivity contribution in [3.63, 3.8) is 0 Å². The van der Waals surface area contributed by atoms with Gasteiger partial charge in [0.25, 0.3) is 5.56 Å². The molecule has 27 heavy (non-hydrogen) atoms. The molecule has 1 aliphatic rings. The molecule has 0 aliphatic carbocycles. The third-order valence-corrected chi connectivity index (χ3v) is 5.41. The Morgan fingerprint density at radius 2 is 2.15 bits per heavy atom. The van der Waals surface area contributed by atoms with E-state index in [4.69, 9.17) is 9.47 Å². The highest BCUT2D eigenvalue weighted by Gasteiger charge is 2.31. The van der Waals surface area contributed by atoms with Crippen LogP contribution in [0.3, 0.4) is 0 Å². The molecule has 1 N–H and O–H groups in total. The van der Waals surface area contributed by atoms with E-state index in [1.54, 1.807) is 18.9 Å². The van der Waals surface area contributed by atoms with E-state index in [-0.39, 0.29) is 16.9 Å². The molecule has 2 heterocycles. The second-order valence-corrected chi connectivity index (χ2v) is 8.22. The van der Waals surface area contributed by atoms with Gasteiger partial charge in [-0.3, -0.25) is 14.6 Å². The van der Waals surface area contributed by atoms with Crippen LogP contribution < -0.4 is 15.0 Å². The molecule has 0 bridgehead atoms. The minimum absolute atomic E-state index is 0.103. The fraction of sp³-hybridized carbons (Fsp3) is 0.400. The molecule has 6 nitrogen and oxygen atoms in total. The van der Waals surface area contributed by atoms with Gasteiger partial charge in [0.1, 0.15) is 6.61 Å². The largest absolute Gasteiger partial charge is 0.493 e. The van der Waals surface area contributed by atoms with Crippen molar-refractivity contribution >= 4 is 22.6 Å². The maximum absolute atomic E-state index is 12.7. The summed E-state index contributed by atoms with van der Waals surface area (Å²) < 4.78 is 13.1. The number of nitrogens with zero attached hydrogens (tertiary/aromatic N) is 2. The van der Waals surface area contributed by atoms with Crippen LogP contribution in [0.2, 0.25) is 0 Å². The lowest BCUT2D eigenvalue weighted by atomic mass is 10.1. The van der Waals surface area contributed by atoms with Crippen molar-refractivity contribution in [2.75, 3.05) is 13.7 Å². The molecule has 7 heteroatoms. The van der Waals surface area contributed by atoms with E-state index in [2.05, 4.69) is 16.7 Å². The summed E-state index contributed by atoms with van der Waals surface area (Å²) in [6.07, 6.45) is 0. The molecular weight excluding hydrogens is 362 g/mol. The van der Waals surface area contributed by atoms with Crippen LogP contribution in [0.4, 0.5) is 5.82 Å². The molecule has 0 fully saturated rings. The third-order valence-electron chi connectivity index (χ3n) is 4.23. The number of fused-ring (bicyclic) bond motifs is 1. The fourth-order valence-corrected chi connectivity index (χ4v) is 4.08. The second kappa shape index (κ2) is 7.68. The molecule has 1 aromatic heterocycles. The maximum Gasteiger partial charge on any atom is 0.271 e. The summed E-state index contributed by atoms with van der Waals surface area (Å²) >= 11 is 1.57. The molecule has 1 aromatic carbocycles. The average molecular weight is 388 g/mol. The Kier molecular flexibility index (Phi) is 5.51. The smallest absolute Gasteiger partial charge is 0.271 e. The van der Waals surface area contributed by atoms with Crippen LogP contribution in [0.15, 0.2) is 40.1 Å². The van der Waals surface area contributed by atoms with Crippen LogP contribution in [0.1, 0.15) is 50.1 Å². The Balaban J connectivity index is 2.04. The van der Waals surface area contributed by atoms with Gasteiger partial charge >= 0.3 is 0 Å². The lowest BCUT2D eigenvalue weighted by Gasteiger charge is -2.22. The van der Waals surface area contributed by atoms with Gasteiger partial charge in [-0.25, -0.2) is 4.99 Å². The summed E-state index contributed by atoms with van der Waals surface area (Å²) in [5, 5.41) is 3.69. The van der Waals surface area contributed by atoms with E-state index in [0.29, 0.717) is 29.5 Å². The Labute approximate surface area is 163 Å². The summed E-state index contributed by atoms with van der Waals surface area (Å²) in [6.45, 7) is 12.2. The number of H-pyrrole nitrogens is 1. The Morgan fingerprint density at radius 3 is 2.78 bits per heavy atom. The Morgan fingerprint density at radius 1 is 1.41 bits per heavy atom. The second-order valence-electron chi connectivity index (χ2n) is 6.93. The number of aromatic amines is 1. The monoisotopic (exact) mass is 387 g/mol. The Hall–Kier alpha value is -2.41. The summed E-state index contributed by atoms with van der Waals surface area (Å²) in [4.78, 5) is 17.3. The van der Waals surface area contributed by atoms with Crippen molar-refractivity contribution in [3.05, 3.63) is 51.8 Å². The molecule has 0 saturated heterocycles. The van der Waals surface area contributed by atoms with Crippen LogP contribution in [0, 0.1) is 0 Å². The van der Waals surface area contributed by atoms with Crippen LogP contribution in [0.25, 0.3) is 0 Å². The summed E-state index contributed by atoms with van der Waals surface area (Å²) in [7, 11) is 1.61. The zero-order valence-corrected chi connectivity index (χ0v) is 17.1. The summed E-state index contributed by atoms with van der Waals surface area (Å²) in [5.41, 5.74) is 2.48. The fourth-order valence-electron chi connectivity index (χ4n) is 2.99. The normalized spacial score (nSPS) is 16.1. The number of nitrogens with one attached hydrogen (secondary N) is 1. The van der Waals surface area contributed by atoms with Crippen molar-refractivity contribution in [1.29, 1.82) is 0 Å². The molecule has 0 amide bonds. The van der Waals surface area contributed by atoms with Crippen LogP contribution >= 0.6 is 11.8 Å². The number of benzene rings is 1. The van der Waals surface area contributed by atoms with E-state index < -0.39 is 0 Å². The molecule has 2 aromatic rings. The molecule has 1 atom stereocenters. The summed E-state index contributed by atoms with van der Waals surface area (Å²) in [6, 6.07) is 5.91. The molecule has 0 unspecified atom stereocenters.